The second-order valence-electron chi connectivity index (χ2n) is 8.61. The summed E-state index contributed by atoms with van der Waals surface area (Å²) in [5, 5.41) is 17.7. The van der Waals surface area contributed by atoms with Gasteiger partial charge in [-0.25, -0.2) is 4.79 Å². The molecule has 0 aromatic heterocycles. The number of carbonyl (C=O) groups is 5. The molecule has 0 spiro atoms. The van der Waals surface area contributed by atoms with Gasteiger partial charge in [0.25, 0.3) is 0 Å². The number of hydrogen-bond acceptors (Lipinski definition) is 6. The van der Waals surface area contributed by atoms with E-state index in [2.05, 4.69) is 16.0 Å². The molecule has 0 aromatic carbocycles. The van der Waals surface area contributed by atoms with Gasteiger partial charge in [0.05, 0.1) is 6.04 Å². The fourth-order valence-corrected chi connectivity index (χ4v) is 4.16. The van der Waals surface area contributed by atoms with E-state index in [0.29, 0.717) is 25.8 Å². The van der Waals surface area contributed by atoms with Gasteiger partial charge >= 0.3 is 5.97 Å². The summed E-state index contributed by atoms with van der Waals surface area (Å²) in [6.45, 7) is 4.74. The van der Waals surface area contributed by atoms with Gasteiger partial charge in [-0.2, -0.15) is 0 Å². The highest BCUT2D eigenvalue weighted by Gasteiger charge is 2.39. The summed E-state index contributed by atoms with van der Waals surface area (Å²) in [5.41, 5.74) is 5.21. The Bertz CT molecular complexity index is 723. The van der Waals surface area contributed by atoms with Crippen LogP contribution in [0, 0.1) is 5.92 Å². The van der Waals surface area contributed by atoms with Gasteiger partial charge in [-0.3, -0.25) is 19.2 Å². The van der Waals surface area contributed by atoms with E-state index in [1.807, 2.05) is 6.92 Å². The molecule has 0 saturated carbocycles. The van der Waals surface area contributed by atoms with Crippen molar-refractivity contribution in [1.29, 1.82) is 0 Å². The SMILES string of the molecule is CCC(C)C(NC(=O)C(CCC(N)=O)NC(=O)C1CCCN1C(=O)C1CCCN1)C(=O)O. The number of carboxylic acid groups (broad SMARTS) is 1. The molecular weight excluding hydrogens is 418 g/mol. The van der Waals surface area contributed by atoms with Crippen LogP contribution in [0.25, 0.3) is 0 Å². The van der Waals surface area contributed by atoms with Crippen molar-refractivity contribution >= 4 is 29.6 Å². The highest BCUT2D eigenvalue weighted by atomic mass is 16.4. The monoisotopic (exact) mass is 453 g/mol. The molecule has 0 radical (unpaired) electrons. The lowest BCUT2D eigenvalue weighted by Crippen LogP contribution is -2.57. The summed E-state index contributed by atoms with van der Waals surface area (Å²) >= 11 is 0. The number of likely N-dealkylation sites (tertiary alicyclic amines) is 1. The van der Waals surface area contributed by atoms with Gasteiger partial charge in [0.1, 0.15) is 18.1 Å². The molecule has 5 atom stereocenters. The van der Waals surface area contributed by atoms with Gasteiger partial charge in [-0.15, -0.1) is 0 Å². The molecule has 4 amide bonds. The van der Waals surface area contributed by atoms with Crippen LogP contribution in [-0.2, 0) is 24.0 Å². The number of primary amides is 1. The number of nitrogens with two attached hydrogens (primary N) is 1. The van der Waals surface area contributed by atoms with Crippen molar-refractivity contribution < 1.29 is 29.1 Å². The van der Waals surface area contributed by atoms with Gasteiger partial charge < -0.3 is 31.7 Å². The molecule has 2 aliphatic rings. The van der Waals surface area contributed by atoms with Crippen molar-refractivity contribution in [3.63, 3.8) is 0 Å². The van der Waals surface area contributed by atoms with Crippen LogP contribution < -0.4 is 21.7 Å². The molecule has 180 valence electrons. The van der Waals surface area contributed by atoms with Gasteiger partial charge in [0.15, 0.2) is 0 Å². The van der Waals surface area contributed by atoms with Crippen LogP contribution in [0.3, 0.4) is 0 Å². The zero-order valence-corrected chi connectivity index (χ0v) is 18.8. The maximum Gasteiger partial charge on any atom is 0.326 e. The lowest BCUT2D eigenvalue weighted by Gasteiger charge is -2.29. The fourth-order valence-electron chi connectivity index (χ4n) is 4.16. The summed E-state index contributed by atoms with van der Waals surface area (Å²) in [6, 6.07) is -3.27. The number of carboxylic acids is 1. The Balaban J connectivity index is 2.09. The van der Waals surface area contributed by atoms with Crippen molar-refractivity contribution in [3.8, 4) is 0 Å². The highest BCUT2D eigenvalue weighted by Crippen LogP contribution is 2.21. The third-order valence-electron chi connectivity index (χ3n) is 6.29. The number of carbonyl (C=O) groups excluding carboxylic acids is 4. The first kappa shape index (κ1) is 25.6. The summed E-state index contributed by atoms with van der Waals surface area (Å²) in [7, 11) is 0. The van der Waals surface area contributed by atoms with E-state index in [0.717, 1.165) is 19.4 Å². The standard InChI is InChI=1S/C21H35N5O6/c1-3-12(2)17(21(31)32)25-18(28)13(8-9-16(22)27)24-19(29)15-7-5-11-26(15)20(30)14-6-4-10-23-14/h12-15,17,23H,3-11H2,1-2H3,(H2,22,27)(H,24,29)(H,25,28)(H,31,32). The number of amides is 4. The molecule has 6 N–H and O–H groups in total. The molecule has 11 heteroatoms. The van der Waals surface area contributed by atoms with Gasteiger partial charge in [-0.1, -0.05) is 20.3 Å². The van der Waals surface area contributed by atoms with E-state index in [1.54, 1.807) is 11.8 Å². The van der Waals surface area contributed by atoms with Crippen LogP contribution in [0.4, 0.5) is 0 Å². The molecule has 2 fully saturated rings. The summed E-state index contributed by atoms with van der Waals surface area (Å²) in [6.07, 6.45) is 3.08. The summed E-state index contributed by atoms with van der Waals surface area (Å²) in [4.78, 5) is 63.0. The van der Waals surface area contributed by atoms with Gasteiger partial charge in [0, 0.05) is 13.0 Å². The Morgan fingerprint density at radius 3 is 2.44 bits per heavy atom. The number of aliphatic carboxylic acids is 1. The minimum atomic E-state index is -1.18. The smallest absolute Gasteiger partial charge is 0.326 e. The number of nitrogens with zero attached hydrogens (tertiary/aromatic N) is 1. The van der Waals surface area contributed by atoms with E-state index in [4.69, 9.17) is 5.73 Å². The van der Waals surface area contributed by atoms with E-state index in [9.17, 15) is 29.1 Å². The van der Waals surface area contributed by atoms with E-state index < -0.39 is 41.8 Å². The lowest BCUT2D eigenvalue weighted by atomic mass is 9.98. The first-order chi connectivity index (χ1) is 15.1. The molecule has 32 heavy (non-hydrogen) atoms. The predicted molar refractivity (Wildman–Crippen MR) is 115 cm³/mol. The average Bonchev–Trinajstić information content (AvgIpc) is 3.45. The van der Waals surface area contributed by atoms with E-state index >= 15 is 0 Å². The Kier molecular flexibility index (Phi) is 9.42. The molecule has 0 bridgehead atoms. The largest absolute Gasteiger partial charge is 0.480 e. The predicted octanol–water partition coefficient (Wildman–Crippen LogP) is -0.905. The van der Waals surface area contributed by atoms with Crippen molar-refractivity contribution in [3.05, 3.63) is 0 Å². The molecule has 5 unspecified atom stereocenters. The van der Waals surface area contributed by atoms with Gasteiger partial charge in [-0.05, 0) is 44.6 Å². The minimum Gasteiger partial charge on any atom is -0.480 e. The lowest BCUT2D eigenvalue weighted by molar-refractivity contribution is -0.144. The Hall–Kier alpha value is -2.69. The summed E-state index contributed by atoms with van der Waals surface area (Å²) < 4.78 is 0. The maximum atomic E-state index is 13.0. The van der Waals surface area contributed by atoms with E-state index in [1.165, 1.54) is 0 Å². The second kappa shape index (κ2) is 11.8. The number of nitrogens with one attached hydrogen (secondary N) is 3. The van der Waals surface area contributed by atoms with Crippen molar-refractivity contribution in [2.24, 2.45) is 11.7 Å². The Morgan fingerprint density at radius 1 is 1.16 bits per heavy atom. The third-order valence-corrected chi connectivity index (χ3v) is 6.29. The first-order valence-corrected chi connectivity index (χ1v) is 11.3. The molecule has 0 aliphatic carbocycles. The topological polar surface area (TPSA) is 171 Å². The number of rotatable bonds is 11. The normalized spacial score (nSPS) is 23.2. The zero-order valence-electron chi connectivity index (χ0n) is 18.8. The fraction of sp³-hybridized carbons (Fsp3) is 0.762. The van der Waals surface area contributed by atoms with Crippen LogP contribution in [0.1, 0.15) is 58.8 Å². The van der Waals surface area contributed by atoms with Crippen molar-refractivity contribution in [1.82, 2.24) is 20.9 Å². The molecular formula is C21H35N5O6. The molecule has 2 rings (SSSR count). The summed E-state index contributed by atoms with van der Waals surface area (Å²) in [5.74, 6) is -3.45. The van der Waals surface area contributed by atoms with Crippen LogP contribution in [0.5, 0.6) is 0 Å². The minimum absolute atomic E-state index is 0.0649. The molecule has 11 nitrogen and oxygen atoms in total. The molecule has 0 aromatic rings. The third kappa shape index (κ3) is 6.65. The zero-order chi connectivity index (χ0) is 23.8. The average molecular weight is 454 g/mol. The quantitative estimate of drug-likeness (QED) is 0.270. The van der Waals surface area contributed by atoms with Crippen LogP contribution in [0.2, 0.25) is 0 Å². The molecule has 2 heterocycles. The highest BCUT2D eigenvalue weighted by molar-refractivity contribution is 5.94. The molecule has 2 saturated heterocycles. The first-order valence-electron chi connectivity index (χ1n) is 11.3. The van der Waals surface area contributed by atoms with E-state index in [-0.39, 0.29) is 30.7 Å². The van der Waals surface area contributed by atoms with Crippen molar-refractivity contribution in [2.45, 2.75) is 83.0 Å². The van der Waals surface area contributed by atoms with Gasteiger partial charge in [0.2, 0.25) is 23.6 Å². The van der Waals surface area contributed by atoms with Crippen molar-refractivity contribution in [2.75, 3.05) is 13.1 Å². The second-order valence-corrected chi connectivity index (χ2v) is 8.61. The van der Waals surface area contributed by atoms with Crippen LogP contribution in [-0.4, -0.2) is 76.9 Å². The molecule has 2 aliphatic heterocycles. The maximum absolute atomic E-state index is 13.0. The van der Waals surface area contributed by atoms with Crippen LogP contribution in [0.15, 0.2) is 0 Å². The Labute approximate surface area is 187 Å². The Morgan fingerprint density at radius 2 is 1.88 bits per heavy atom. The van der Waals surface area contributed by atoms with Crippen LogP contribution >= 0.6 is 0 Å². The number of hydrogen-bond donors (Lipinski definition) is 5.